The minimum absolute atomic E-state index is 0.252. The summed E-state index contributed by atoms with van der Waals surface area (Å²) in [5.41, 5.74) is 0.765. The lowest BCUT2D eigenvalue weighted by Gasteiger charge is -2.45. The Labute approximate surface area is 131 Å². The van der Waals surface area contributed by atoms with Gasteiger partial charge in [-0.1, -0.05) is 15.9 Å². The van der Waals surface area contributed by atoms with Gasteiger partial charge in [-0.15, -0.1) is 0 Å². The Hall–Kier alpha value is -0.720. The average molecular weight is 361 g/mol. The van der Waals surface area contributed by atoms with Gasteiger partial charge in [-0.3, -0.25) is 0 Å². The molecule has 1 atom stereocenters. The van der Waals surface area contributed by atoms with Gasteiger partial charge in [0.1, 0.15) is 5.75 Å². The number of rotatable bonds is 5. The first-order valence-electron chi connectivity index (χ1n) is 7.31. The SMILES string of the molecule is FC(F)Oc1ccc(Br)cc1CNC1CN2CCC1CC2. The standard InChI is InChI=1S/C15H19BrF2N2O/c16-12-1-2-14(21-15(17)18)11(7-12)8-19-13-9-20-5-3-10(13)4-6-20/h1-2,7,10,13,15,19H,3-6,8-9H2. The van der Waals surface area contributed by atoms with Crippen LogP contribution < -0.4 is 10.1 Å². The zero-order valence-electron chi connectivity index (χ0n) is 11.7. The Morgan fingerprint density at radius 2 is 2.10 bits per heavy atom. The summed E-state index contributed by atoms with van der Waals surface area (Å²) < 4.78 is 30.4. The number of hydrogen-bond donors (Lipinski definition) is 1. The molecular weight excluding hydrogens is 342 g/mol. The second-order valence-corrected chi connectivity index (χ2v) is 6.67. The molecule has 0 saturated carbocycles. The predicted octanol–water partition coefficient (Wildman–Crippen LogP) is 3.23. The number of fused-ring (bicyclic) bond motifs is 3. The fourth-order valence-corrected chi connectivity index (χ4v) is 3.74. The Morgan fingerprint density at radius 3 is 2.71 bits per heavy atom. The van der Waals surface area contributed by atoms with E-state index in [2.05, 4.69) is 30.9 Å². The smallest absolute Gasteiger partial charge is 0.387 e. The lowest BCUT2D eigenvalue weighted by molar-refractivity contribution is -0.0505. The van der Waals surface area contributed by atoms with Gasteiger partial charge in [-0.05, 0) is 50.0 Å². The molecule has 3 saturated heterocycles. The van der Waals surface area contributed by atoms with Crippen molar-refractivity contribution in [2.45, 2.75) is 32.0 Å². The van der Waals surface area contributed by atoms with Crippen molar-refractivity contribution in [2.24, 2.45) is 5.92 Å². The summed E-state index contributed by atoms with van der Waals surface area (Å²) >= 11 is 3.38. The fraction of sp³-hybridized carbons (Fsp3) is 0.600. The molecule has 4 rings (SSSR count). The summed E-state index contributed by atoms with van der Waals surface area (Å²) in [6.45, 7) is 1.21. The van der Waals surface area contributed by atoms with Crippen LogP contribution in [0.1, 0.15) is 18.4 Å². The van der Waals surface area contributed by atoms with Crippen LogP contribution in [0.3, 0.4) is 0 Å². The zero-order chi connectivity index (χ0) is 14.8. The molecule has 1 aromatic carbocycles. The number of halogens is 3. The highest BCUT2D eigenvalue weighted by molar-refractivity contribution is 9.10. The van der Waals surface area contributed by atoms with Crippen molar-refractivity contribution in [2.75, 3.05) is 19.6 Å². The average Bonchev–Trinajstić information content (AvgIpc) is 2.48. The van der Waals surface area contributed by atoms with Gasteiger partial charge in [0.15, 0.2) is 0 Å². The van der Waals surface area contributed by atoms with Crippen LogP contribution in [0, 0.1) is 5.92 Å². The molecule has 0 amide bonds. The van der Waals surface area contributed by atoms with Gasteiger partial charge < -0.3 is 15.0 Å². The summed E-state index contributed by atoms with van der Waals surface area (Å²) in [5, 5.41) is 3.52. The first kappa shape index (κ1) is 15.2. The van der Waals surface area contributed by atoms with Crippen molar-refractivity contribution in [1.29, 1.82) is 0 Å². The number of nitrogens with zero attached hydrogens (tertiary/aromatic N) is 1. The summed E-state index contributed by atoms with van der Waals surface area (Å²) in [5.74, 6) is 0.962. The largest absolute Gasteiger partial charge is 0.434 e. The summed E-state index contributed by atoms with van der Waals surface area (Å²) in [6, 6.07) is 5.59. The lowest BCUT2D eigenvalue weighted by atomic mass is 9.84. The van der Waals surface area contributed by atoms with Gasteiger partial charge in [0.25, 0.3) is 0 Å². The molecule has 3 aliphatic heterocycles. The van der Waals surface area contributed by atoms with Crippen molar-refractivity contribution < 1.29 is 13.5 Å². The van der Waals surface area contributed by atoms with E-state index >= 15 is 0 Å². The second-order valence-electron chi connectivity index (χ2n) is 5.76. The van der Waals surface area contributed by atoms with Crippen LogP contribution >= 0.6 is 15.9 Å². The van der Waals surface area contributed by atoms with Crippen LogP contribution in [0.5, 0.6) is 5.75 Å². The Morgan fingerprint density at radius 1 is 1.33 bits per heavy atom. The minimum atomic E-state index is -2.79. The molecule has 1 N–H and O–H groups in total. The van der Waals surface area contributed by atoms with Gasteiger partial charge in [0.05, 0.1) is 0 Å². The number of alkyl halides is 2. The van der Waals surface area contributed by atoms with Gasteiger partial charge in [0.2, 0.25) is 0 Å². The molecule has 3 nitrogen and oxygen atoms in total. The number of nitrogens with one attached hydrogen (secondary N) is 1. The van der Waals surface area contributed by atoms with E-state index in [0.29, 0.717) is 18.5 Å². The van der Waals surface area contributed by atoms with E-state index < -0.39 is 6.61 Å². The van der Waals surface area contributed by atoms with Gasteiger partial charge >= 0.3 is 6.61 Å². The third-order valence-electron chi connectivity index (χ3n) is 4.45. The topological polar surface area (TPSA) is 24.5 Å². The molecule has 3 fully saturated rings. The van der Waals surface area contributed by atoms with E-state index in [-0.39, 0.29) is 5.75 Å². The highest BCUT2D eigenvalue weighted by atomic mass is 79.9. The highest BCUT2D eigenvalue weighted by Gasteiger charge is 2.33. The van der Waals surface area contributed by atoms with Gasteiger partial charge in [0, 0.05) is 29.2 Å². The number of hydrogen-bond acceptors (Lipinski definition) is 3. The van der Waals surface area contributed by atoms with Crippen LogP contribution in [-0.2, 0) is 6.54 Å². The van der Waals surface area contributed by atoms with Crippen molar-refractivity contribution in [3.05, 3.63) is 28.2 Å². The van der Waals surface area contributed by atoms with Crippen LogP contribution in [0.15, 0.2) is 22.7 Å². The summed E-state index contributed by atoms with van der Waals surface area (Å²) in [7, 11) is 0. The Bertz CT molecular complexity index is 493. The van der Waals surface area contributed by atoms with Crippen LogP contribution in [0.2, 0.25) is 0 Å². The Balaban J connectivity index is 1.65. The van der Waals surface area contributed by atoms with Crippen molar-refractivity contribution in [3.63, 3.8) is 0 Å². The lowest BCUT2D eigenvalue weighted by Crippen LogP contribution is -2.55. The van der Waals surface area contributed by atoms with E-state index in [9.17, 15) is 8.78 Å². The maximum atomic E-state index is 12.5. The third kappa shape index (κ3) is 3.73. The molecule has 0 spiro atoms. The molecule has 3 aliphatic rings. The van der Waals surface area contributed by atoms with E-state index in [1.165, 1.54) is 25.9 Å². The van der Waals surface area contributed by atoms with E-state index in [1.807, 2.05) is 6.07 Å². The predicted molar refractivity (Wildman–Crippen MR) is 80.6 cm³/mol. The third-order valence-corrected chi connectivity index (χ3v) is 4.94. The maximum absolute atomic E-state index is 12.5. The zero-order valence-corrected chi connectivity index (χ0v) is 13.3. The van der Waals surface area contributed by atoms with E-state index in [4.69, 9.17) is 0 Å². The highest BCUT2D eigenvalue weighted by Crippen LogP contribution is 2.29. The molecule has 0 aliphatic carbocycles. The molecule has 2 bridgehead atoms. The molecular formula is C15H19BrF2N2O. The van der Waals surface area contributed by atoms with Crippen molar-refractivity contribution >= 4 is 15.9 Å². The number of benzene rings is 1. The monoisotopic (exact) mass is 360 g/mol. The quantitative estimate of drug-likeness (QED) is 0.872. The van der Waals surface area contributed by atoms with Crippen LogP contribution in [0.25, 0.3) is 0 Å². The van der Waals surface area contributed by atoms with Gasteiger partial charge in [-0.2, -0.15) is 8.78 Å². The fourth-order valence-electron chi connectivity index (χ4n) is 3.33. The Kier molecular flexibility index (Phi) is 4.76. The van der Waals surface area contributed by atoms with Crippen molar-refractivity contribution in [3.8, 4) is 5.75 Å². The molecule has 1 unspecified atom stereocenters. The normalized spacial score (nSPS) is 28.1. The first-order chi connectivity index (χ1) is 10.1. The van der Waals surface area contributed by atoms with Crippen LogP contribution in [0.4, 0.5) is 8.78 Å². The maximum Gasteiger partial charge on any atom is 0.387 e. The number of ether oxygens (including phenoxy) is 1. The second kappa shape index (κ2) is 6.58. The number of piperidine rings is 3. The van der Waals surface area contributed by atoms with E-state index in [1.54, 1.807) is 12.1 Å². The molecule has 0 aromatic heterocycles. The summed E-state index contributed by atoms with van der Waals surface area (Å²) in [6.07, 6.45) is 2.47. The van der Waals surface area contributed by atoms with Crippen molar-refractivity contribution in [1.82, 2.24) is 10.2 Å². The van der Waals surface area contributed by atoms with Crippen LogP contribution in [-0.4, -0.2) is 37.2 Å². The summed E-state index contributed by atoms with van der Waals surface area (Å²) in [4.78, 5) is 2.47. The molecule has 6 heteroatoms. The molecule has 0 radical (unpaired) electrons. The van der Waals surface area contributed by atoms with E-state index in [0.717, 1.165) is 16.6 Å². The van der Waals surface area contributed by atoms with Gasteiger partial charge in [-0.25, -0.2) is 0 Å². The first-order valence-corrected chi connectivity index (χ1v) is 8.10. The molecule has 3 heterocycles. The molecule has 1 aromatic rings. The molecule has 21 heavy (non-hydrogen) atoms. The molecule has 116 valence electrons. The minimum Gasteiger partial charge on any atom is -0.434 e.